The highest BCUT2D eigenvalue weighted by molar-refractivity contribution is 6.05. The minimum Gasteiger partial charge on any atom is -0.336 e. The molecule has 0 saturated carbocycles. The Labute approximate surface area is 197 Å². The second kappa shape index (κ2) is 8.06. The predicted octanol–water partition coefficient (Wildman–Crippen LogP) is 2.82. The van der Waals surface area contributed by atoms with Crippen molar-refractivity contribution in [2.24, 2.45) is 7.05 Å². The molecule has 0 radical (unpaired) electrons. The number of imide groups is 1. The van der Waals surface area contributed by atoms with Crippen molar-refractivity contribution in [1.82, 2.24) is 25.1 Å². The van der Waals surface area contributed by atoms with E-state index in [-0.39, 0.29) is 18.2 Å². The van der Waals surface area contributed by atoms with Gasteiger partial charge < -0.3 is 14.8 Å². The zero-order chi connectivity index (χ0) is 23.4. The van der Waals surface area contributed by atoms with Crippen LogP contribution in [0.15, 0.2) is 36.5 Å². The lowest BCUT2D eigenvalue weighted by molar-refractivity contribution is -0.136. The molecule has 6 rings (SSSR count). The summed E-state index contributed by atoms with van der Waals surface area (Å²) in [5.74, 6) is -0.829. The number of hydrogen-bond acceptors (Lipinski definition) is 5. The Morgan fingerprint density at radius 2 is 1.94 bits per heavy atom. The maximum atomic E-state index is 13.1. The van der Waals surface area contributed by atoms with Gasteiger partial charge in [-0.2, -0.15) is 0 Å². The molecule has 2 N–H and O–H groups in total. The maximum absolute atomic E-state index is 13.1. The second-order valence-electron chi connectivity index (χ2n) is 9.54. The number of amides is 3. The average molecular weight is 458 g/mol. The molecule has 8 nitrogen and oxygen atoms in total. The molecule has 5 heterocycles. The molecule has 0 spiro atoms. The van der Waals surface area contributed by atoms with Crippen molar-refractivity contribution in [1.29, 1.82) is 0 Å². The topological polar surface area (TPSA) is 96.3 Å². The SMILES string of the molecule is Cn1ccc2c(C3CCCCN3)cc(-c3ccc4c(c3)CN([C@H]3CCC(=O)NC3=O)C4=O)nc21. The zero-order valence-corrected chi connectivity index (χ0v) is 19.1. The van der Waals surface area contributed by atoms with E-state index in [2.05, 4.69) is 22.8 Å². The van der Waals surface area contributed by atoms with Crippen LogP contribution in [0.1, 0.15) is 59.6 Å². The van der Waals surface area contributed by atoms with Gasteiger partial charge in [0.05, 0.1) is 5.69 Å². The van der Waals surface area contributed by atoms with Gasteiger partial charge in [0.25, 0.3) is 5.91 Å². The monoisotopic (exact) mass is 457 g/mol. The molecule has 0 aliphatic carbocycles. The Morgan fingerprint density at radius 3 is 2.74 bits per heavy atom. The number of fused-ring (bicyclic) bond motifs is 2. The van der Waals surface area contributed by atoms with Gasteiger partial charge in [-0.1, -0.05) is 12.5 Å². The molecule has 0 bridgehead atoms. The highest BCUT2D eigenvalue weighted by atomic mass is 16.2. The Kier molecular flexibility index (Phi) is 4.99. The molecule has 174 valence electrons. The third-order valence-corrected chi connectivity index (χ3v) is 7.37. The molecule has 2 saturated heterocycles. The molecule has 2 fully saturated rings. The van der Waals surface area contributed by atoms with Crippen molar-refractivity contribution in [3.05, 3.63) is 53.2 Å². The first kappa shape index (κ1) is 21.0. The third-order valence-electron chi connectivity index (χ3n) is 7.37. The Bertz CT molecular complexity index is 1340. The van der Waals surface area contributed by atoms with Crippen LogP contribution in [0, 0.1) is 0 Å². The summed E-state index contributed by atoms with van der Waals surface area (Å²) in [5.41, 5.74) is 5.55. The second-order valence-corrected chi connectivity index (χ2v) is 9.54. The van der Waals surface area contributed by atoms with Gasteiger partial charge in [0.1, 0.15) is 11.7 Å². The van der Waals surface area contributed by atoms with Crippen LogP contribution in [0.4, 0.5) is 0 Å². The van der Waals surface area contributed by atoms with Crippen molar-refractivity contribution < 1.29 is 14.4 Å². The van der Waals surface area contributed by atoms with Gasteiger partial charge in [-0.3, -0.25) is 19.7 Å². The van der Waals surface area contributed by atoms with E-state index in [1.807, 2.05) is 36.0 Å². The van der Waals surface area contributed by atoms with E-state index in [4.69, 9.17) is 4.98 Å². The van der Waals surface area contributed by atoms with Crippen LogP contribution in [0.3, 0.4) is 0 Å². The van der Waals surface area contributed by atoms with Crippen LogP contribution >= 0.6 is 0 Å². The molecule has 8 heteroatoms. The number of aryl methyl sites for hydroxylation is 1. The minimum absolute atomic E-state index is 0.158. The van der Waals surface area contributed by atoms with E-state index in [0.717, 1.165) is 35.4 Å². The number of carbonyl (C=O) groups excluding carboxylic acids is 3. The number of nitrogens with zero attached hydrogens (tertiary/aromatic N) is 3. The molecule has 34 heavy (non-hydrogen) atoms. The van der Waals surface area contributed by atoms with Gasteiger partial charge in [-0.25, -0.2) is 4.98 Å². The Balaban J connectivity index is 1.36. The molecule has 3 aromatic rings. The van der Waals surface area contributed by atoms with Crippen molar-refractivity contribution >= 4 is 28.8 Å². The van der Waals surface area contributed by atoms with Crippen molar-refractivity contribution in [3.63, 3.8) is 0 Å². The number of benzene rings is 1. The molecular weight excluding hydrogens is 430 g/mol. The lowest BCUT2D eigenvalue weighted by Crippen LogP contribution is -2.52. The van der Waals surface area contributed by atoms with Crippen molar-refractivity contribution in [3.8, 4) is 11.3 Å². The summed E-state index contributed by atoms with van der Waals surface area (Å²) < 4.78 is 2.05. The molecule has 2 aromatic heterocycles. The number of carbonyl (C=O) groups is 3. The smallest absolute Gasteiger partial charge is 0.255 e. The predicted molar refractivity (Wildman–Crippen MR) is 127 cm³/mol. The molecule has 1 aromatic carbocycles. The molecule has 2 atom stereocenters. The van der Waals surface area contributed by atoms with E-state index >= 15 is 0 Å². The van der Waals surface area contributed by atoms with Gasteiger partial charge in [-0.05, 0) is 61.2 Å². The Hall–Kier alpha value is -3.52. The van der Waals surface area contributed by atoms with Crippen LogP contribution in [0.2, 0.25) is 0 Å². The largest absolute Gasteiger partial charge is 0.336 e. The van der Waals surface area contributed by atoms with E-state index in [1.54, 1.807) is 4.90 Å². The van der Waals surface area contributed by atoms with Crippen LogP contribution < -0.4 is 10.6 Å². The van der Waals surface area contributed by atoms with Gasteiger partial charge in [0.15, 0.2) is 0 Å². The summed E-state index contributed by atoms with van der Waals surface area (Å²) in [6.07, 6.45) is 6.18. The lowest BCUT2D eigenvalue weighted by atomic mass is 9.94. The summed E-state index contributed by atoms with van der Waals surface area (Å²) in [6, 6.07) is 9.82. The third kappa shape index (κ3) is 3.40. The van der Waals surface area contributed by atoms with Crippen LogP contribution in [0.25, 0.3) is 22.3 Å². The van der Waals surface area contributed by atoms with Crippen LogP contribution in [-0.4, -0.2) is 44.8 Å². The summed E-state index contributed by atoms with van der Waals surface area (Å²) >= 11 is 0. The molecule has 1 unspecified atom stereocenters. The number of nitrogens with one attached hydrogen (secondary N) is 2. The standard InChI is InChI=1S/C26H27N5O3/c1-30-11-9-18-19(20-4-2-3-10-27-20)13-21(28-24(18)30)15-5-6-17-16(12-15)14-31(26(17)34)22-7-8-23(32)29-25(22)33/h5-6,9,11-13,20,22,27H,2-4,7-8,10,14H2,1H3,(H,29,32,33)/t20?,22-/m0/s1. The highest BCUT2D eigenvalue weighted by Gasteiger charge is 2.39. The van der Waals surface area contributed by atoms with Crippen molar-refractivity contribution in [2.45, 2.75) is 50.7 Å². The number of rotatable bonds is 3. The fourth-order valence-corrected chi connectivity index (χ4v) is 5.54. The fourth-order valence-electron chi connectivity index (χ4n) is 5.54. The highest BCUT2D eigenvalue weighted by Crippen LogP contribution is 2.35. The number of aromatic nitrogens is 2. The van der Waals surface area contributed by atoms with Gasteiger partial charge in [-0.15, -0.1) is 0 Å². The zero-order valence-electron chi connectivity index (χ0n) is 19.1. The molecule has 3 amide bonds. The number of hydrogen-bond donors (Lipinski definition) is 2. The summed E-state index contributed by atoms with van der Waals surface area (Å²) in [7, 11) is 2.01. The normalized spacial score (nSPS) is 22.9. The number of pyridine rings is 1. The maximum Gasteiger partial charge on any atom is 0.255 e. The van der Waals surface area contributed by atoms with E-state index in [9.17, 15) is 14.4 Å². The van der Waals surface area contributed by atoms with Crippen molar-refractivity contribution in [2.75, 3.05) is 6.54 Å². The summed E-state index contributed by atoms with van der Waals surface area (Å²) in [4.78, 5) is 43.5. The first-order chi connectivity index (χ1) is 16.5. The van der Waals surface area contributed by atoms with Gasteiger partial charge in [0, 0.05) is 48.8 Å². The van der Waals surface area contributed by atoms with Crippen LogP contribution in [0.5, 0.6) is 0 Å². The molecular formula is C26H27N5O3. The van der Waals surface area contributed by atoms with E-state index in [0.29, 0.717) is 24.6 Å². The fraction of sp³-hybridized carbons (Fsp3) is 0.385. The summed E-state index contributed by atoms with van der Waals surface area (Å²) in [6.45, 7) is 1.38. The first-order valence-corrected chi connectivity index (χ1v) is 12.0. The van der Waals surface area contributed by atoms with E-state index < -0.39 is 11.9 Å². The molecule has 3 aliphatic heterocycles. The first-order valence-electron chi connectivity index (χ1n) is 12.0. The van der Waals surface area contributed by atoms with Crippen LogP contribution in [-0.2, 0) is 23.2 Å². The van der Waals surface area contributed by atoms with Gasteiger partial charge >= 0.3 is 0 Å². The summed E-state index contributed by atoms with van der Waals surface area (Å²) in [5, 5.41) is 7.19. The molecule has 3 aliphatic rings. The quantitative estimate of drug-likeness (QED) is 0.590. The minimum atomic E-state index is -0.608. The lowest BCUT2D eigenvalue weighted by Gasteiger charge is -2.29. The average Bonchev–Trinajstić information content (AvgIpc) is 3.38. The van der Waals surface area contributed by atoms with E-state index in [1.165, 1.54) is 23.8 Å². The Morgan fingerprint density at radius 1 is 1.06 bits per heavy atom. The number of piperidine rings is 2. The van der Waals surface area contributed by atoms with Gasteiger partial charge in [0.2, 0.25) is 11.8 Å².